The lowest BCUT2D eigenvalue weighted by atomic mass is 10.2. The minimum atomic E-state index is -0.539. The van der Waals surface area contributed by atoms with Crippen LogP contribution in [0.15, 0.2) is 47.8 Å². The molecule has 1 N–H and O–H groups in total. The maximum absolute atomic E-state index is 11.3. The Hall–Kier alpha value is -2.64. The number of aromatic hydroxyl groups is 1. The lowest BCUT2D eigenvalue weighted by Crippen LogP contribution is -1.94. The Balaban J connectivity index is 2.01. The number of aromatic nitrogens is 1. The van der Waals surface area contributed by atoms with Crippen molar-refractivity contribution in [3.63, 3.8) is 0 Å². The first-order chi connectivity index (χ1) is 11.0. The summed E-state index contributed by atoms with van der Waals surface area (Å²) in [6, 6.07) is 11.2. The van der Waals surface area contributed by atoms with Crippen LogP contribution in [-0.4, -0.2) is 15.0 Å². The first-order valence-electron chi connectivity index (χ1n) is 6.40. The fraction of sp³-hybridized carbons (Fsp3) is 0. The number of hydrogen-bond donors (Lipinski definition) is 1. The number of halogens is 1. The summed E-state index contributed by atoms with van der Waals surface area (Å²) in [5.74, 6) is 0.286. The Morgan fingerprint density at radius 3 is 2.65 bits per heavy atom. The number of nitrogens with zero attached hydrogens (tertiary/aromatic N) is 2. The van der Waals surface area contributed by atoms with Crippen molar-refractivity contribution in [3.05, 3.63) is 63.0 Å². The highest BCUT2D eigenvalue weighted by atomic mass is 35.5. The minimum Gasteiger partial charge on any atom is -0.493 e. The molecule has 0 saturated heterocycles. The van der Waals surface area contributed by atoms with Crippen LogP contribution in [0.2, 0.25) is 5.02 Å². The zero-order valence-electron chi connectivity index (χ0n) is 11.5. The number of nitro benzene ring substituents is 1. The van der Waals surface area contributed by atoms with E-state index in [0.717, 1.165) is 0 Å². The van der Waals surface area contributed by atoms with Crippen molar-refractivity contribution in [2.45, 2.75) is 0 Å². The molecule has 0 aliphatic heterocycles. The van der Waals surface area contributed by atoms with Crippen LogP contribution >= 0.6 is 22.9 Å². The van der Waals surface area contributed by atoms with Crippen molar-refractivity contribution in [1.82, 2.24) is 4.98 Å². The molecule has 0 aliphatic rings. The van der Waals surface area contributed by atoms with Crippen LogP contribution in [0.25, 0.3) is 10.6 Å². The van der Waals surface area contributed by atoms with Gasteiger partial charge in [0, 0.05) is 11.6 Å². The van der Waals surface area contributed by atoms with E-state index in [2.05, 4.69) is 4.98 Å². The summed E-state index contributed by atoms with van der Waals surface area (Å²) in [5, 5.41) is 22.9. The molecule has 0 radical (unpaired) electrons. The van der Waals surface area contributed by atoms with E-state index in [0.29, 0.717) is 21.3 Å². The molecule has 0 aliphatic carbocycles. The highest BCUT2D eigenvalue weighted by Crippen LogP contribution is 2.38. The van der Waals surface area contributed by atoms with Gasteiger partial charge in [0.1, 0.15) is 10.8 Å². The molecule has 0 spiro atoms. The summed E-state index contributed by atoms with van der Waals surface area (Å²) < 4.78 is 5.56. The van der Waals surface area contributed by atoms with Crippen molar-refractivity contribution in [2.75, 3.05) is 0 Å². The van der Waals surface area contributed by atoms with E-state index in [1.54, 1.807) is 30.3 Å². The second-order valence-electron chi connectivity index (χ2n) is 4.48. The van der Waals surface area contributed by atoms with E-state index in [1.807, 2.05) is 0 Å². The predicted molar refractivity (Wildman–Crippen MR) is 87.4 cm³/mol. The second kappa shape index (κ2) is 6.23. The zero-order valence-corrected chi connectivity index (χ0v) is 13.0. The molecule has 6 nitrogen and oxygen atoms in total. The quantitative estimate of drug-likeness (QED) is 0.537. The number of nitro groups is 1. The fourth-order valence-electron chi connectivity index (χ4n) is 1.92. The molecule has 2 aromatic carbocycles. The topological polar surface area (TPSA) is 85.5 Å². The Labute approximate surface area is 139 Å². The van der Waals surface area contributed by atoms with E-state index in [-0.39, 0.29) is 17.3 Å². The Morgan fingerprint density at radius 1 is 1.22 bits per heavy atom. The van der Waals surface area contributed by atoms with Gasteiger partial charge in [0.2, 0.25) is 11.6 Å². The third-order valence-electron chi connectivity index (χ3n) is 2.95. The van der Waals surface area contributed by atoms with Gasteiger partial charge in [-0.15, -0.1) is 11.3 Å². The molecule has 0 fully saturated rings. The van der Waals surface area contributed by atoms with Crippen LogP contribution < -0.4 is 4.74 Å². The highest BCUT2D eigenvalue weighted by Gasteiger charge is 2.19. The van der Waals surface area contributed by atoms with E-state index < -0.39 is 4.92 Å². The van der Waals surface area contributed by atoms with Crippen molar-refractivity contribution >= 4 is 28.6 Å². The largest absolute Gasteiger partial charge is 0.493 e. The lowest BCUT2D eigenvalue weighted by Gasteiger charge is -2.08. The second-order valence-corrected chi connectivity index (χ2v) is 5.75. The van der Waals surface area contributed by atoms with Gasteiger partial charge >= 0.3 is 5.69 Å². The van der Waals surface area contributed by atoms with Gasteiger partial charge < -0.3 is 9.84 Å². The molecule has 23 heavy (non-hydrogen) atoms. The zero-order chi connectivity index (χ0) is 16.4. The van der Waals surface area contributed by atoms with E-state index in [1.165, 1.54) is 28.8 Å². The van der Waals surface area contributed by atoms with Gasteiger partial charge in [0.15, 0.2) is 0 Å². The summed E-state index contributed by atoms with van der Waals surface area (Å²) in [5.41, 5.74) is 0.311. The van der Waals surface area contributed by atoms with Gasteiger partial charge in [0.05, 0.1) is 15.3 Å². The molecule has 1 aromatic heterocycles. The third-order valence-corrected chi connectivity index (χ3v) is 4.14. The summed E-state index contributed by atoms with van der Waals surface area (Å²) in [7, 11) is 0. The number of ether oxygens (including phenoxy) is 1. The summed E-state index contributed by atoms with van der Waals surface area (Å²) in [6.45, 7) is 0. The van der Waals surface area contributed by atoms with E-state index in [9.17, 15) is 15.2 Å². The normalized spacial score (nSPS) is 10.5. The maximum Gasteiger partial charge on any atom is 0.312 e. The summed E-state index contributed by atoms with van der Waals surface area (Å²) in [6.07, 6.45) is 0. The molecule has 3 aromatic rings. The van der Waals surface area contributed by atoms with Crippen LogP contribution in [-0.2, 0) is 0 Å². The van der Waals surface area contributed by atoms with Gasteiger partial charge in [-0.2, -0.15) is 0 Å². The molecule has 0 saturated carbocycles. The van der Waals surface area contributed by atoms with Crippen LogP contribution in [0.4, 0.5) is 5.69 Å². The molecule has 3 rings (SSSR count). The van der Waals surface area contributed by atoms with Crippen molar-refractivity contribution in [3.8, 4) is 28.0 Å². The van der Waals surface area contributed by atoms with E-state index in [4.69, 9.17) is 16.3 Å². The number of para-hydroxylation sites is 1. The van der Waals surface area contributed by atoms with Gasteiger partial charge in [0.25, 0.3) is 0 Å². The van der Waals surface area contributed by atoms with Crippen molar-refractivity contribution in [2.24, 2.45) is 0 Å². The third kappa shape index (κ3) is 3.25. The average Bonchev–Trinajstić information content (AvgIpc) is 2.96. The predicted octanol–water partition coefficient (Wildman–Crippen LogP) is 4.87. The van der Waals surface area contributed by atoms with E-state index >= 15 is 0 Å². The molecule has 0 unspecified atom stereocenters. The van der Waals surface area contributed by atoms with Gasteiger partial charge in [-0.1, -0.05) is 23.7 Å². The number of rotatable bonds is 4. The molecule has 8 heteroatoms. The van der Waals surface area contributed by atoms with Gasteiger partial charge in [-0.05, 0) is 24.3 Å². The molecule has 0 atom stereocenters. The van der Waals surface area contributed by atoms with Crippen molar-refractivity contribution < 1.29 is 14.8 Å². The monoisotopic (exact) mass is 348 g/mol. The minimum absolute atomic E-state index is 0.0765. The number of thiazole rings is 1. The average molecular weight is 349 g/mol. The standard InChI is InChI=1S/C15H9ClN2O4S/c16-10-3-1-2-4-12(10)22-13-6-5-9(7-11(13)18(20)21)15-17-14(19)8-23-15/h1-8,19H. The van der Waals surface area contributed by atoms with Gasteiger partial charge in [-0.25, -0.2) is 4.98 Å². The number of benzene rings is 2. The number of hydrogen-bond acceptors (Lipinski definition) is 6. The summed E-state index contributed by atoms with van der Waals surface area (Å²) >= 11 is 7.19. The maximum atomic E-state index is 11.3. The first-order valence-corrected chi connectivity index (χ1v) is 7.66. The first kappa shape index (κ1) is 15.3. The van der Waals surface area contributed by atoms with Crippen LogP contribution in [0.1, 0.15) is 0 Å². The van der Waals surface area contributed by atoms with Crippen LogP contribution in [0.5, 0.6) is 17.4 Å². The molecule has 0 amide bonds. The highest BCUT2D eigenvalue weighted by molar-refractivity contribution is 7.13. The Morgan fingerprint density at radius 2 is 2.00 bits per heavy atom. The van der Waals surface area contributed by atoms with Crippen LogP contribution in [0.3, 0.4) is 0 Å². The Kier molecular flexibility index (Phi) is 4.14. The fourth-order valence-corrected chi connectivity index (χ4v) is 2.78. The summed E-state index contributed by atoms with van der Waals surface area (Å²) in [4.78, 5) is 14.7. The van der Waals surface area contributed by atoms with Gasteiger partial charge in [-0.3, -0.25) is 10.1 Å². The molecular formula is C15H9ClN2O4S. The van der Waals surface area contributed by atoms with Crippen LogP contribution in [0, 0.1) is 10.1 Å². The molecule has 1 heterocycles. The Bertz CT molecular complexity index is 881. The molecule has 0 bridgehead atoms. The lowest BCUT2D eigenvalue weighted by molar-refractivity contribution is -0.385. The molecule has 116 valence electrons. The molecular weight excluding hydrogens is 340 g/mol. The van der Waals surface area contributed by atoms with Crippen molar-refractivity contribution in [1.29, 1.82) is 0 Å². The smallest absolute Gasteiger partial charge is 0.312 e. The SMILES string of the molecule is O=[N+]([O-])c1cc(-c2nc(O)cs2)ccc1Oc1ccccc1Cl.